The van der Waals surface area contributed by atoms with E-state index in [1.165, 1.54) is 5.56 Å². The Morgan fingerprint density at radius 2 is 2.09 bits per heavy atom. The molecular weight excluding hydrogens is 290 g/mol. The van der Waals surface area contributed by atoms with E-state index in [2.05, 4.69) is 37.2 Å². The molecule has 1 heterocycles. The topological polar surface area (TPSA) is 67.6 Å². The molecule has 1 aliphatic rings. The number of carbonyl (C=O) groups is 1. The maximum Gasteiger partial charge on any atom is 0.256 e. The summed E-state index contributed by atoms with van der Waals surface area (Å²) < 4.78 is 5.62. The van der Waals surface area contributed by atoms with Crippen molar-refractivity contribution in [2.24, 2.45) is 11.8 Å². The molecule has 3 N–H and O–H groups in total. The highest BCUT2D eigenvalue weighted by atomic mass is 16.5. The maximum absolute atomic E-state index is 12.5. The average Bonchev–Trinajstić information content (AvgIpc) is 2.49. The van der Waals surface area contributed by atoms with Crippen LogP contribution in [0.3, 0.4) is 0 Å². The summed E-state index contributed by atoms with van der Waals surface area (Å²) in [4.78, 5) is 14.7. The van der Waals surface area contributed by atoms with Crippen molar-refractivity contribution in [1.82, 2.24) is 5.43 Å². The minimum Gasteiger partial charge on any atom is -0.495 e. The number of hydrogen-bond acceptors (Lipinski definition) is 4. The van der Waals surface area contributed by atoms with Crippen LogP contribution in [0.4, 0.5) is 5.69 Å². The Morgan fingerprint density at radius 1 is 1.43 bits per heavy atom. The van der Waals surface area contributed by atoms with Gasteiger partial charge in [0, 0.05) is 5.54 Å². The Balaban J connectivity index is 2.70. The van der Waals surface area contributed by atoms with Crippen molar-refractivity contribution in [1.29, 1.82) is 0 Å². The highest BCUT2D eigenvalue weighted by molar-refractivity contribution is 5.87. The quantitative estimate of drug-likeness (QED) is 0.509. The minimum absolute atomic E-state index is 0.115. The fourth-order valence-corrected chi connectivity index (χ4v) is 3.94. The van der Waals surface area contributed by atoms with Crippen LogP contribution < -0.4 is 20.9 Å². The first kappa shape index (κ1) is 17.6. The van der Waals surface area contributed by atoms with Crippen molar-refractivity contribution in [3.05, 3.63) is 23.8 Å². The van der Waals surface area contributed by atoms with E-state index in [-0.39, 0.29) is 23.4 Å². The Labute approximate surface area is 139 Å². The van der Waals surface area contributed by atoms with Crippen LogP contribution in [-0.4, -0.2) is 24.6 Å². The lowest BCUT2D eigenvalue weighted by Gasteiger charge is -2.51. The number of ether oxygens (including phenoxy) is 1. The molecular formula is C18H29N3O2. The predicted molar refractivity (Wildman–Crippen MR) is 93.5 cm³/mol. The molecule has 2 rings (SSSR count). The molecule has 0 aromatic heterocycles. The van der Waals surface area contributed by atoms with Gasteiger partial charge in [0.15, 0.2) is 0 Å². The summed E-state index contributed by atoms with van der Waals surface area (Å²) >= 11 is 0. The molecule has 5 nitrogen and oxygen atoms in total. The summed E-state index contributed by atoms with van der Waals surface area (Å²) in [6.07, 6.45) is 0.967. The van der Waals surface area contributed by atoms with E-state index in [4.69, 9.17) is 10.6 Å². The first-order valence-corrected chi connectivity index (χ1v) is 8.21. The van der Waals surface area contributed by atoms with Gasteiger partial charge in [-0.1, -0.05) is 32.9 Å². The number of para-hydroxylation sites is 1. The van der Waals surface area contributed by atoms with Crippen LogP contribution in [0.25, 0.3) is 0 Å². The second-order valence-electron chi connectivity index (χ2n) is 7.38. The summed E-state index contributed by atoms with van der Waals surface area (Å²) in [6, 6.07) is 5.75. The standard InChI is InChI=1S/C18H29N3O2/c1-11(2)15(17(22)20-19)21-16-13(8-7-9-14(16)23-6)12(3)10-18(21,4)5/h7-9,11-12,15H,10,19H2,1-6H3,(H,20,22)/t12-,15-/m0/s1. The number of hydrazine groups is 1. The van der Waals surface area contributed by atoms with E-state index in [0.717, 1.165) is 17.9 Å². The molecule has 0 saturated carbocycles. The lowest BCUT2D eigenvalue weighted by Crippen LogP contribution is -2.61. The van der Waals surface area contributed by atoms with Crippen molar-refractivity contribution in [2.75, 3.05) is 12.0 Å². The van der Waals surface area contributed by atoms with Crippen molar-refractivity contribution < 1.29 is 9.53 Å². The molecule has 128 valence electrons. The summed E-state index contributed by atoms with van der Waals surface area (Å²) in [7, 11) is 1.67. The maximum atomic E-state index is 12.5. The number of methoxy groups -OCH3 is 1. The zero-order valence-corrected chi connectivity index (χ0v) is 15.0. The molecule has 2 atom stereocenters. The summed E-state index contributed by atoms with van der Waals surface area (Å²) in [5.41, 5.74) is 4.40. The van der Waals surface area contributed by atoms with Crippen molar-refractivity contribution in [3.8, 4) is 5.75 Å². The molecule has 0 aliphatic carbocycles. The van der Waals surface area contributed by atoms with Gasteiger partial charge in [-0.15, -0.1) is 0 Å². The molecule has 1 aromatic carbocycles. The number of carbonyl (C=O) groups excluding carboxylic acids is 1. The summed E-state index contributed by atoms with van der Waals surface area (Å²) in [5.74, 6) is 6.62. The third-order valence-corrected chi connectivity index (χ3v) is 4.80. The van der Waals surface area contributed by atoms with E-state index in [9.17, 15) is 4.79 Å². The number of amides is 1. The van der Waals surface area contributed by atoms with Crippen molar-refractivity contribution >= 4 is 11.6 Å². The number of hydrogen-bond donors (Lipinski definition) is 2. The highest BCUT2D eigenvalue weighted by Gasteiger charge is 2.44. The van der Waals surface area contributed by atoms with Gasteiger partial charge in [0.1, 0.15) is 11.8 Å². The van der Waals surface area contributed by atoms with Gasteiger partial charge in [-0.2, -0.15) is 0 Å². The molecule has 5 heteroatoms. The lowest BCUT2D eigenvalue weighted by molar-refractivity contribution is -0.123. The third-order valence-electron chi connectivity index (χ3n) is 4.80. The fraction of sp³-hybridized carbons (Fsp3) is 0.611. The second kappa shape index (κ2) is 6.40. The van der Waals surface area contributed by atoms with Gasteiger partial charge < -0.3 is 9.64 Å². The molecule has 0 spiro atoms. The van der Waals surface area contributed by atoms with Gasteiger partial charge >= 0.3 is 0 Å². The van der Waals surface area contributed by atoms with Gasteiger partial charge in [-0.3, -0.25) is 10.2 Å². The molecule has 0 saturated heterocycles. The Kier molecular flexibility index (Phi) is 4.90. The van der Waals surface area contributed by atoms with E-state index < -0.39 is 0 Å². The number of fused-ring (bicyclic) bond motifs is 1. The monoisotopic (exact) mass is 319 g/mol. The van der Waals surface area contributed by atoms with Gasteiger partial charge in [0.2, 0.25) is 0 Å². The van der Waals surface area contributed by atoms with Crippen LogP contribution >= 0.6 is 0 Å². The average molecular weight is 319 g/mol. The van der Waals surface area contributed by atoms with Crippen LogP contribution in [0.1, 0.15) is 52.5 Å². The molecule has 1 aromatic rings. The first-order valence-electron chi connectivity index (χ1n) is 8.21. The zero-order valence-electron chi connectivity index (χ0n) is 15.0. The predicted octanol–water partition coefficient (Wildman–Crippen LogP) is 2.80. The number of nitrogens with two attached hydrogens (primary N) is 1. The largest absolute Gasteiger partial charge is 0.495 e. The first-order chi connectivity index (χ1) is 10.7. The van der Waals surface area contributed by atoms with Gasteiger partial charge in [0.25, 0.3) is 5.91 Å². The number of nitrogens with zero attached hydrogens (tertiary/aromatic N) is 1. The van der Waals surface area contributed by atoms with Crippen molar-refractivity contribution in [2.45, 2.75) is 58.5 Å². The van der Waals surface area contributed by atoms with E-state index >= 15 is 0 Å². The van der Waals surface area contributed by atoms with E-state index in [1.54, 1.807) is 7.11 Å². The van der Waals surface area contributed by atoms with E-state index in [1.807, 2.05) is 26.0 Å². The number of rotatable bonds is 4. The fourth-order valence-electron chi connectivity index (χ4n) is 3.94. The smallest absolute Gasteiger partial charge is 0.256 e. The van der Waals surface area contributed by atoms with Crippen LogP contribution in [0, 0.1) is 5.92 Å². The van der Waals surface area contributed by atoms with Crippen LogP contribution in [0.5, 0.6) is 5.75 Å². The number of nitrogens with one attached hydrogen (secondary N) is 1. The Morgan fingerprint density at radius 3 is 2.61 bits per heavy atom. The van der Waals surface area contributed by atoms with Crippen LogP contribution in [-0.2, 0) is 4.79 Å². The van der Waals surface area contributed by atoms with Gasteiger partial charge in [0.05, 0.1) is 12.8 Å². The molecule has 0 unspecified atom stereocenters. The Bertz CT molecular complexity index is 584. The molecule has 1 aliphatic heterocycles. The minimum atomic E-state index is -0.349. The van der Waals surface area contributed by atoms with Crippen molar-refractivity contribution in [3.63, 3.8) is 0 Å². The summed E-state index contributed by atoms with van der Waals surface area (Å²) in [6.45, 7) is 10.7. The Hall–Kier alpha value is -1.75. The van der Waals surface area contributed by atoms with Gasteiger partial charge in [-0.05, 0) is 43.7 Å². The molecule has 0 bridgehead atoms. The normalized spacial score (nSPS) is 20.9. The molecule has 0 fully saturated rings. The third kappa shape index (κ3) is 3.02. The number of benzene rings is 1. The highest BCUT2D eigenvalue weighted by Crippen LogP contribution is 2.49. The SMILES string of the molecule is COc1cccc2c1N([C@H](C(=O)NN)C(C)C)C(C)(C)C[C@@H]2C. The number of anilines is 1. The molecule has 1 amide bonds. The van der Waals surface area contributed by atoms with E-state index in [0.29, 0.717) is 5.92 Å². The molecule has 23 heavy (non-hydrogen) atoms. The zero-order chi connectivity index (χ0) is 17.4. The van der Waals surface area contributed by atoms with Crippen LogP contribution in [0.15, 0.2) is 18.2 Å². The lowest BCUT2D eigenvalue weighted by atomic mass is 9.77. The second-order valence-corrected chi connectivity index (χ2v) is 7.38. The summed E-state index contributed by atoms with van der Waals surface area (Å²) in [5, 5.41) is 0. The van der Waals surface area contributed by atoms with Crippen LogP contribution in [0.2, 0.25) is 0 Å². The van der Waals surface area contributed by atoms with Gasteiger partial charge in [-0.25, -0.2) is 5.84 Å². The molecule has 0 radical (unpaired) electrons.